The molecule has 0 aromatic heterocycles. The lowest BCUT2D eigenvalue weighted by molar-refractivity contribution is -0.137. The topological polar surface area (TPSA) is 88.2 Å². The summed E-state index contributed by atoms with van der Waals surface area (Å²) in [6.07, 6.45) is -0.331. The third-order valence-corrected chi connectivity index (χ3v) is 2.99. The molecule has 0 unspecified atom stereocenters. The Labute approximate surface area is 116 Å². The molecule has 0 bridgehead atoms. The van der Waals surface area contributed by atoms with Crippen LogP contribution in [0.5, 0.6) is 0 Å². The average molecular weight is 279 g/mol. The highest BCUT2D eigenvalue weighted by atomic mass is 16.6. The second-order valence-electron chi connectivity index (χ2n) is 4.62. The largest absolute Gasteiger partial charge is 0.481 e. The predicted molar refractivity (Wildman–Crippen MR) is 70.2 cm³/mol. The molecule has 2 atom stereocenters. The van der Waals surface area contributed by atoms with E-state index < -0.39 is 12.1 Å². The normalized spacial score (nSPS) is 18.1. The quantitative estimate of drug-likeness (QED) is 0.739. The smallest absolute Gasteiger partial charge is 0.407 e. The summed E-state index contributed by atoms with van der Waals surface area (Å²) < 4.78 is 10.2. The fraction of sp³-hybridized carbons (Fsp3) is 0.429. The van der Waals surface area contributed by atoms with Gasteiger partial charge < -0.3 is 19.9 Å². The first-order valence-corrected chi connectivity index (χ1v) is 6.46. The number of alkyl carbamates (subject to hydrolysis) is 1. The SMILES string of the molecule is O=C(O)CC[C@H](NC(=O)OCc1ccccc1)[C@H]1CO1. The lowest BCUT2D eigenvalue weighted by atomic mass is 10.1. The Hall–Kier alpha value is -2.08. The molecule has 0 spiro atoms. The van der Waals surface area contributed by atoms with Crippen LogP contribution in [0.25, 0.3) is 0 Å². The highest BCUT2D eigenvalue weighted by Gasteiger charge is 2.34. The summed E-state index contributed by atoms with van der Waals surface area (Å²) in [5.41, 5.74) is 0.896. The molecular formula is C14H17NO5. The number of carboxylic acid groups (broad SMARTS) is 1. The van der Waals surface area contributed by atoms with Gasteiger partial charge in [-0.25, -0.2) is 4.79 Å². The number of benzene rings is 1. The number of aliphatic carboxylic acids is 1. The zero-order valence-corrected chi connectivity index (χ0v) is 11.0. The molecular weight excluding hydrogens is 262 g/mol. The molecule has 108 valence electrons. The molecule has 0 aliphatic carbocycles. The first-order valence-electron chi connectivity index (χ1n) is 6.46. The highest BCUT2D eigenvalue weighted by molar-refractivity contribution is 5.69. The maximum atomic E-state index is 11.7. The number of carbonyl (C=O) groups is 2. The van der Waals surface area contributed by atoms with Crippen LogP contribution >= 0.6 is 0 Å². The molecule has 6 nitrogen and oxygen atoms in total. The molecule has 1 aliphatic rings. The maximum absolute atomic E-state index is 11.7. The van der Waals surface area contributed by atoms with Gasteiger partial charge in [0.15, 0.2) is 0 Å². The molecule has 1 aromatic rings. The maximum Gasteiger partial charge on any atom is 0.407 e. The summed E-state index contributed by atoms with van der Waals surface area (Å²) >= 11 is 0. The average Bonchev–Trinajstić information content (AvgIpc) is 3.26. The Morgan fingerprint density at radius 3 is 2.70 bits per heavy atom. The number of epoxide rings is 1. The monoisotopic (exact) mass is 279 g/mol. The van der Waals surface area contributed by atoms with Crippen LogP contribution in [0.3, 0.4) is 0 Å². The Morgan fingerprint density at radius 2 is 2.10 bits per heavy atom. The standard InChI is InChI=1S/C14H17NO5/c16-13(17)7-6-11(12-9-19-12)15-14(18)20-8-10-4-2-1-3-5-10/h1-5,11-12H,6-9H2,(H,15,18)(H,16,17)/t11-,12+/m0/s1. The van der Waals surface area contributed by atoms with Crippen LogP contribution in [0.1, 0.15) is 18.4 Å². The van der Waals surface area contributed by atoms with Gasteiger partial charge in [0.2, 0.25) is 0 Å². The predicted octanol–water partition coefficient (Wildman–Crippen LogP) is 1.54. The van der Waals surface area contributed by atoms with Crippen molar-refractivity contribution in [3.8, 4) is 0 Å². The number of carboxylic acids is 1. The Bertz CT molecular complexity index is 458. The van der Waals surface area contributed by atoms with Crippen molar-refractivity contribution in [1.29, 1.82) is 0 Å². The van der Waals surface area contributed by atoms with Gasteiger partial charge in [-0.2, -0.15) is 0 Å². The summed E-state index contributed by atoms with van der Waals surface area (Å²) in [5.74, 6) is -0.893. The van der Waals surface area contributed by atoms with Crippen LogP contribution in [0.15, 0.2) is 30.3 Å². The van der Waals surface area contributed by atoms with Crippen LogP contribution in [-0.4, -0.2) is 35.9 Å². The van der Waals surface area contributed by atoms with Crippen molar-refractivity contribution < 1.29 is 24.2 Å². The minimum Gasteiger partial charge on any atom is -0.481 e. The van der Waals surface area contributed by atoms with Crippen molar-refractivity contribution in [1.82, 2.24) is 5.32 Å². The van der Waals surface area contributed by atoms with E-state index in [1.807, 2.05) is 30.3 Å². The highest BCUT2D eigenvalue weighted by Crippen LogP contribution is 2.18. The van der Waals surface area contributed by atoms with Crippen LogP contribution in [-0.2, 0) is 20.9 Å². The van der Waals surface area contributed by atoms with E-state index in [1.165, 1.54) is 0 Å². The van der Waals surface area contributed by atoms with Crippen LogP contribution in [0, 0.1) is 0 Å². The van der Waals surface area contributed by atoms with Gasteiger partial charge >= 0.3 is 12.1 Å². The van der Waals surface area contributed by atoms with Crippen LogP contribution in [0.4, 0.5) is 4.79 Å². The van der Waals surface area contributed by atoms with Gasteiger partial charge in [-0.05, 0) is 12.0 Å². The molecule has 2 rings (SSSR count). The van der Waals surface area contributed by atoms with Gasteiger partial charge in [-0.1, -0.05) is 30.3 Å². The lowest BCUT2D eigenvalue weighted by Gasteiger charge is -2.15. The number of rotatable bonds is 7. The minimum atomic E-state index is -0.893. The second-order valence-corrected chi connectivity index (χ2v) is 4.62. The first-order chi connectivity index (χ1) is 9.65. The van der Waals surface area contributed by atoms with E-state index in [1.54, 1.807) is 0 Å². The number of hydrogen-bond acceptors (Lipinski definition) is 4. The Morgan fingerprint density at radius 1 is 1.40 bits per heavy atom. The zero-order chi connectivity index (χ0) is 14.4. The zero-order valence-electron chi connectivity index (χ0n) is 11.0. The summed E-state index contributed by atoms with van der Waals surface area (Å²) in [5, 5.41) is 11.3. The molecule has 2 N–H and O–H groups in total. The molecule has 20 heavy (non-hydrogen) atoms. The van der Waals surface area contributed by atoms with Gasteiger partial charge in [0, 0.05) is 6.42 Å². The summed E-state index contributed by atoms with van der Waals surface area (Å²) in [7, 11) is 0. The van der Waals surface area contributed by atoms with Crippen LogP contribution < -0.4 is 5.32 Å². The second kappa shape index (κ2) is 6.91. The van der Waals surface area contributed by atoms with Crippen molar-refractivity contribution in [2.45, 2.75) is 31.6 Å². The van der Waals surface area contributed by atoms with E-state index in [0.29, 0.717) is 13.0 Å². The van der Waals surface area contributed by atoms with Crippen molar-refractivity contribution >= 4 is 12.1 Å². The van der Waals surface area contributed by atoms with E-state index in [2.05, 4.69) is 5.32 Å². The number of nitrogens with one attached hydrogen (secondary N) is 1. The number of ether oxygens (including phenoxy) is 2. The van der Waals surface area contributed by atoms with E-state index in [9.17, 15) is 9.59 Å². The number of hydrogen-bond donors (Lipinski definition) is 2. The van der Waals surface area contributed by atoms with Crippen LogP contribution in [0.2, 0.25) is 0 Å². The molecule has 1 fully saturated rings. The first kappa shape index (κ1) is 14.3. The minimum absolute atomic E-state index is 0.0104. The van der Waals surface area contributed by atoms with Crippen molar-refractivity contribution in [2.75, 3.05) is 6.61 Å². The van der Waals surface area contributed by atoms with Crippen molar-refractivity contribution in [3.63, 3.8) is 0 Å². The summed E-state index contributed by atoms with van der Waals surface area (Å²) in [6.45, 7) is 0.729. The Kier molecular flexibility index (Phi) is 4.95. The molecule has 1 amide bonds. The molecule has 1 aromatic carbocycles. The molecule has 0 radical (unpaired) electrons. The van der Waals surface area contributed by atoms with E-state index in [-0.39, 0.29) is 25.2 Å². The molecule has 1 saturated heterocycles. The van der Waals surface area contributed by atoms with Gasteiger partial charge in [0.05, 0.1) is 12.6 Å². The number of carbonyl (C=O) groups excluding carboxylic acids is 1. The van der Waals surface area contributed by atoms with Crippen molar-refractivity contribution in [3.05, 3.63) is 35.9 Å². The Balaban J connectivity index is 1.75. The summed E-state index contributed by atoms with van der Waals surface area (Å²) in [6, 6.07) is 9.03. The van der Waals surface area contributed by atoms with E-state index in [4.69, 9.17) is 14.6 Å². The fourth-order valence-electron chi connectivity index (χ4n) is 1.83. The fourth-order valence-corrected chi connectivity index (χ4v) is 1.83. The molecule has 1 heterocycles. The van der Waals surface area contributed by atoms with E-state index in [0.717, 1.165) is 5.56 Å². The molecule has 1 aliphatic heterocycles. The lowest BCUT2D eigenvalue weighted by Crippen LogP contribution is -2.39. The van der Waals surface area contributed by atoms with E-state index >= 15 is 0 Å². The van der Waals surface area contributed by atoms with Gasteiger partial charge in [0.1, 0.15) is 12.7 Å². The number of amides is 1. The van der Waals surface area contributed by atoms with Gasteiger partial charge in [-0.3, -0.25) is 4.79 Å². The third kappa shape index (κ3) is 4.89. The van der Waals surface area contributed by atoms with Gasteiger partial charge in [-0.15, -0.1) is 0 Å². The summed E-state index contributed by atoms with van der Waals surface area (Å²) in [4.78, 5) is 22.2. The van der Waals surface area contributed by atoms with Gasteiger partial charge in [0.25, 0.3) is 0 Å². The molecule has 0 saturated carbocycles. The van der Waals surface area contributed by atoms with Crippen molar-refractivity contribution in [2.24, 2.45) is 0 Å². The molecule has 6 heteroatoms. The third-order valence-electron chi connectivity index (χ3n) is 2.99.